The number of carbonyl (C=O) groups is 2. The van der Waals surface area contributed by atoms with Gasteiger partial charge in [-0.05, 0) is 24.6 Å². The quantitative estimate of drug-likeness (QED) is 0.834. The normalized spacial score (nSPS) is 11.6. The number of hydrogen-bond donors (Lipinski definition) is 1. The van der Waals surface area contributed by atoms with Gasteiger partial charge in [-0.2, -0.15) is 0 Å². The Kier molecular flexibility index (Phi) is 6.05. The first-order valence-electron chi connectivity index (χ1n) is 7.59. The summed E-state index contributed by atoms with van der Waals surface area (Å²) in [5.41, 5.74) is 6.03. The molecule has 0 fully saturated rings. The summed E-state index contributed by atoms with van der Waals surface area (Å²) in [4.78, 5) is 25.1. The first-order valence-corrected chi connectivity index (χ1v) is 7.59. The van der Waals surface area contributed by atoms with Crippen LogP contribution in [-0.2, 0) is 16.1 Å². The third-order valence-electron chi connectivity index (χ3n) is 3.43. The van der Waals surface area contributed by atoms with Gasteiger partial charge in [-0.15, -0.1) is 0 Å². The average molecular weight is 348 g/mol. The van der Waals surface area contributed by atoms with Gasteiger partial charge >= 0.3 is 0 Å². The number of amides is 2. The van der Waals surface area contributed by atoms with Crippen molar-refractivity contribution < 1.29 is 23.1 Å². The van der Waals surface area contributed by atoms with Crippen LogP contribution in [0.3, 0.4) is 0 Å². The van der Waals surface area contributed by atoms with E-state index in [4.69, 9.17) is 10.5 Å². The Balaban J connectivity index is 2.11. The highest BCUT2D eigenvalue weighted by molar-refractivity contribution is 5.86. The summed E-state index contributed by atoms with van der Waals surface area (Å²) in [7, 11) is 0. The second-order valence-electron chi connectivity index (χ2n) is 5.48. The minimum Gasteiger partial charge on any atom is -0.481 e. The molecule has 2 amide bonds. The smallest absolute Gasteiger partial charge is 0.264 e. The molecule has 2 N–H and O–H groups in total. The van der Waals surface area contributed by atoms with Crippen molar-refractivity contribution >= 4 is 11.8 Å². The van der Waals surface area contributed by atoms with Gasteiger partial charge in [0.2, 0.25) is 5.91 Å². The van der Waals surface area contributed by atoms with E-state index in [1.807, 2.05) is 30.3 Å². The first-order chi connectivity index (χ1) is 11.9. The number of ether oxygens (including phenoxy) is 1. The molecule has 0 aliphatic carbocycles. The summed E-state index contributed by atoms with van der Waals surface area (Å²) in [5, 5.41) is 0. The summed E-state index contributed by atoms with van der Waals surface area (Å²) < 4.78 is 31.6. The van der Waals surface area contributed by atoms with E-state index in [1.165, 1.54) is 17.9 Å². The molecule has 25 heavy (non-hydrogen) atoms. The third-order valence-corrected chi connectivity index (χ3v) is 3.43. The van der Waals surface area contributed by atoms with Crippen LogP contribution in [0.25, 0.3) is 0 Å². The number of benzene rings is 2. The third kappa shape index (κ3) is 5.27. The fourth-order valence-corrected chi connectivity index (χ4v) is 2.27. The Labute approximate surface area is 144 Å². The van der Waals surface area contributed by atoms with Crippen LogP contribution in [0.15, 0.2) is 48.5 Å². The van der Waals surface area contributed by atoms with E-state index in [-0.39, 0.29) is 18.8 Å². The second-order valence-corrected chi connectivity index (χ2v) is 5.48. The molecule has 0 saturated heterocycles. The maximum atomic E-state index is 13.2. The number of rotatable bonds is 7. The molecular weight excluding hydrogens is 330 g/mol. The number of carbonyl (C=O) groups excluding carboxylic acids is 2. The maximum Gasteiger partial charge on any atom is 0.264 e. The largest absolute Gasteiger partial charge is 0.481 e. The van der Waals surface area contributed by atoms with Crippen molar-refractivity contribution in [2.45, 2.75) is 19.6 Å². The lowest BCUT2D eigenvalue weighted by Gasteiger charge is -2.25. The minimum atomic E-state index is -1.07. The Morgan fingerprint density at radius 2 is 1.80 bits per heavy atom. The molecule has 0 bridgehead atoms. The first kappa shape index (κ1) is 18.4. The van der Waals surface area contributed by atoms with Gasteiger partial charge in [0.25, 0.3) is 5.91 Å². The molecule has 5 nitrogen and oxygen atoms in total. The molecule has 0 aliphatic heterocycles. The molecule has 7 heteroatoms. The topological polar surface area (TPSA) is 72.6 Å². The van der Waals surface area contributed by atoms with Crippen molar-refractivity contribution in [3.05, 3.63) is 65.7 Å². The average Bonchev–Trinajstić information content (AvgIpc) is 2.57. The number of hydrogen-bond acceptors (Lipinski definition) is 3. The summed E-state index contributed by atoms with van der Waals surface area (Å²) >= 11 is 0. The standard InChI is InChI=1S/C18H18F2N2O3/c1-12(25-14-7-8-15(19)16(20)9-14)18(24)22(11-17(21)23)10-13-5-3-2-4-6-13/h2-9,12H,10-11H2,1H3,(H2,21,23). The second kappa shape index (κ2) is 8.23. The highest BCUT2D eigenvalue weighted by atomic mass is 19.2. The SMILES string of the molecule is CC(Oc1ccc(F)c(F)c1)C(=O)N(CC(N)=O)Cc1ccccc1. The van der Waals surface area contributed by atoms with Gasteiger partial charge in [0, 0.05) is 12.6 Å². The minimum absolute atomic E-state index is 0.0125. The van der Waals surface area contributed by atoms with E-state index in [9.17, 15) is 18.4 Å². The van der Waals surface area contributed by atoms with E-state index in [1.54, 1.807) is 0 Å². The van der Waals surface area contributed by atoms with Crippen LogP contribution < -0.4 is 10.5 Å². The molecule has 0 saturated carbocycles. The van der Waals surface area contributed by atoms with E-state index in [2.05, 4.69) is 0 Å². The predicted molar refractivity (Wildman–Crippen MR) is 87.5 cm³/mol. The molecular formula is C18H18F2N2O3. The van der Waals surface area contributed by atoms with E-state index < -0.39 is 29.6 Å². The number of primary amides is 1. The van der Waals surface area contributed by atoms with Crippen molar-refractivity contribution in [2.24, 2.45) is 5.73 Å². The lowest BCUT2D eigenvalue weighted by molar-refractivity contribution is -0.141. The molecule has 1 atom stereocenters. The number of nitrogens with zero attached hydrogens (tertiary/aromatic N) is 1. The molecule has 0 heterocycles. The van der Waals surface area contributed by atoms with Crippen molar-refractivity contribution in [3.63, 3.8) is 0 Å². The van der Waals surface area contributed by atoms with Gasteiger partial charge in [-0.3, -0.25) is 9.59 Å². The summed E-state index contributed by atoms with van der Waals surface area (Å²) in [6.45, 7) is 1.36. The van der Waals surface area contributed by atoms with Gasteiger partial charge in [-0.25, -0.2) is 8.78 Å². The fraction of sp³-hybridized carbons (Fsp3) is 0.222. The van der Waals surface area contributed by atoms with Crippen LogP contribution in [0.4, 0.5) is 8.78 Å². The molecule has 2 aromatic rings. The lowest BCUT2D eigenvalue weighted by Crippen LogP contribution is -2.44. The van der Waals surface area contributed by atoms with Gasteiger partial charge < -0.3 is 15.4 Å². The highest BCUT2D eigenvalue weighted by Gasteiger charge is 2.24. The summed E-state index contributed by atoms with van der Waals surface area (Å²) in [6.07, 6.45) is -1.01. The summed E-state index contributed by atoms with van der Waals surface area (Å²) in [5.74, 6) is -3.23. The van der Waals surface area contributed by atoms with E-state index in [0.29, 0.717) is 0 Å². The van der Waals surface area contributed by atoms with Crippen molar-refractivity contribution in [2.75, 3.05) is 6.54 Å². The van der Waals surface area contributed by atoms with Gasteiger partial charge in [0.05, 0.1) is 6.54 Å². The highest BCUT2D eigenvalue weighted by Crippen LogP contribution is 2.18. The maximum absolute atomic E-state index is 13.2. The molecule has 132 valence electrons. The van der Waals surface area contributed by atoms with Crippen LogP contribution in [0.5, 0.6) is 5.75 Å². The zero-order valence-corrected chi connectivity index (χ0v) is 13.6. The fourth-order valence-electron chi connectivity index (χ4n) is 2.27. The number of halogens is 2. The molecule has 2 rings (SSSR count). The Bertz CT molecular complexity index is 753. The van der Waals surface area contributed by atoms with Crippen molar-refractivity contribution in [3.8, 4) is 5.75 Å². The Morgan fingerprint density at radius 3 is 2.40 bits per heavy atom. The van der Waals surface area contributed by atoms with Gasteiger partial charge in [-0.1, -0.05) is 30.3 Å². The lowest BCUT2D eigenvalue weighted by atomic mass is 10.2. The predicted octanol–water partition coefficient (Wildman–Crippen LogP) is 2.25. The van der Waals surface area contributed by atoms with Crippen LogP contribution in [-0.4, -0.2) is 29.4 Å². The van der Waals surface area contributed by atoms with E-state index >= 15 is 0 Å². The van der Waals surface area contributed by atoms with Crippen LogP contribution in [0, 0.1) is 11.6 Å². The van der Waals surface area contributed by atoms with Crippen LogP contribution >= 0.6 is 0 Å². The molecule has 0 aliphatic rings. The Hall–Kier alpha value is -2.96. The molecule has 0 aromatic heterocycles. The molecule has 0 radical (unpaired) electrons. The van der Waals surface area contributed by atoms with E-state index in [0.717, 1.165) is 17.7 Å². The molecule has 0 spiro atoms. The van der Waals surface area contributed by atoms with Crippen molar-refractivity contribution in [1.29, 1.82) is 0 Å². The van der Waals surface area contributed by atoms with Crippen LogP contribution in [0.1, 0.15) is 12.5 Å². The molecule has 2 aromatic carbocycles. The van der Waals surface area contributed by atoms with Crippen LogP contribution in [0.2, 0.25) is 0 Å². The number of nitrogens with two attached hydrogens (primary N) is 1. The zero-order chi connectivity index (χ0) is 18.4. The van der Waals surface area contributed by atoms with Crippen molar-refractivity contribution in [1.82, 2.24) is 4.90 Å². The van der Waals surface area contributed by atoms with Gasteiger partial charge in [0.1, 0.15) is 5.75 Å². The zero-order valence-electron chi connectivity index (χ0n) is 13.6. The summed E-state index contributed by atoms with van der Waals surface area (Å²) in [6, 6.07) is 12.1. The molecule has 1 unspecified atom stereocenters. The monoisotopic (exact) mass is 348 g/mol. The Morgan fingerprint density at radius 1 is 1.12 bits per heavy atom. The van der Waals surface area contributed by atoms with Gasteiger partial charge in [0.15, 0.2) is 17.7 Å².